The van der Waals surface area contributed by atoms with Crippen molar-refractivity contribution < 1.29 is 9.53 Å². The number of carbonyl (C=O) groups excluding carboxylic acids is 1. The van der Waals surface area contributed by atoms with E-state index in [1.165, 1.54) is 4.90 Å². The molecule has 0 heterocycles. The van der Waals surface area contributed by atoms with Crippen LogP contribution in [0.25, 0.3) is 0 Å². The number of carbonyl (C=O) groups is 1. The first-order valence-electron chi connectivity index (χ1n) is 7.44. The molecule has 0 amide bonds. The first-order chi connectivity index (χ1) is 9.81. The molecule has 0 fully saturated rings. The summed E-state index contributed by atoms with van der Waals surface area (Å²) in [7, 11) is 0. The van der Waals surface area contributed by atoms with E-state index in [0.29, 0.717) is 5.25 Å². The number of ether oxygens (including phenoxy) is 1. The van der Waals surface area contributed by atoms with Gasteiger partial charge in [-0.05, 0) is 46.2 Å². The predicted molar refractivity (Wildman–Crippen MR) is 90.6 cm³/mol. The lowest BCUT2D eigenvalue weighted by atomic mass is 10.1. The van der Waals surface area contributed by atoms with Crippen molar-refractivity contribution in [2.24, 2.45) is 0 Å². The maximum atomic E-state index is 11.9. The smallest absolute Gasteiger partial charge is 0.331 e. The summed E-state index contributed by atoms with van der Waals surface area (Å²) in [5.74, 6) is -0.255. The van der Waals surface area contributed by atoms with Crippen molar-refractivity contribution in [1.29, 1.82) is 0 Å². The third-order valence-electron chi connectivity index (χ3n) is 2.83. The highest BCUT2D eigenvalue weighted by molar-refractivity contribution is 8.00. The van der Waals surface area contributed by atoms with Gasteiger partial charge in [0.25, 0.3) is 0 Å². The van der Waals surface area contributed by atoms with Crippen LogP contribution in [0.1, 0.15) is 47.5 Å². The third kappa shape index (κ3) is 7.37. The minimum absolute atomic E-state index is 0.255. The van der Waals surface area contributed by atoms with Crippen LogP contribution in [0, 0.1) is 0 Å². The first-order valence-corrected chi connectivity index (χ1v) is 8.32. The molecule has 1 atom stereocenters. The number of esters is 1. The van der Waals surface area contributed by atoms with E-state index >= 15 is 0 Å². The summed E-state index contributed by atoms with van der Waals surface area (Å²) in [4.78, 5) is 13.2. The van der Waals surface area contributed by atoms with Gasteiger partial charge < -0.3 is 4.74 Å². The summed E-state index contributed by atoms with van der Waals surface area (Å²) in [6.07, 6.45) is 3.77. The molecule has 1 aromatic rings. The Morgan fingerprint density at radius 3 is 2.43 bits per heavy atom. The van der Waals surface area contributed by atoms with Crippen molar-refractivity contribution in [3.63, 3.8) is 0 Å². The molecule has 0 N–H and O–H groups in total. The number of hydrogen-bond acceptors (Lipinski definition) is 3. The quantitative estimate of drug-likeness (QED) is 0.408. The van der Waals surface area contributed by atoms with Gasteiger partial charge in [-0.1, -0.05) is 37.1 Å². The molecule has 116 valence electrons. The number of rotatable bonds is 6. The van der Waals surface area contributed by atoms with Crippen LogP contribution >= 0.6 is 11.8 Å². The Kier molecular flexibility index (Phi) is 7.03. The molecule has 0 aliphatic heterocycles. The van der Waals surface area contributed by atoms with Crippen molar-refractivity contribution in [3.8, 4) is 0 Å². The zero-order valence-electron chi connectivity index (χ0n) is 13.7. The van der Waals surface area contributed by atoms with E-state index in [0.717, 1.165) is 18.4 Å². The normalized spacial score (nSPS) is 13.9. The summed E-state index contributed by atoms with van der Waals surface area (Å²) < 4.78 is 5.36. The lowest BCUT2D eigenvalue weighted by Crippen LogP contribution is -2.23. The third-order valence-corrected chi connectivity index (χ3v) is 4.27. The highest BCUT2D eigenvalue weighted by Crippen LogP contribution is 2.31. The van der Waals surface area contributed by atoms with E-state index in [9.17, 15) is 4.79 Å². The molecule has 0 aliphatic carbocycles. The fourth-order valence-electron chi connectivity index (χ4n) is 1.92. The average molecular weight is 306 g/mol. The number of hydrogen-bond donors (Lipinski definition) is 0. The van der Waals surface area contributed by atoms with Gasteiger partial charge in [-0.15, -0.1) is 11.8 Å². The number of thioether (sulfide) groups is 1. The summed E-state index contributed by atoms with van der Waals surface area (Å²) >= 11 is 1.81. The van der Waals surface area contributed by atoms with Gasteiger partial charge in [-0.3, -0.25) is 0 Å². The van der Waals surface area contributed by atoms with Gasteiger partial charge in [0.2, 0.25) is 0 Å². The first kappa shape index (κ1) is 17.8. The molecule has 0 saturated carbocycles. The molecular weight excluding hydrogens is 280 g/mol. The van der Waals surface area contributed by atoms with E-state index in [1.54, 1.807) is 17.8 Å². The van der Waals surface area contributed by atoms with Gasteiger partial charge in [0.1, 0.15) is 5.60 Å². The molecule has 0 bridgehead atoms. The van der Waals surface area contributed by atoms with Gasteiger partial charge in [-0.2, -0.15) is 0 Å². The molecule has 1 aromatic carbocycles. The summed E-state index contributed by atoms with van der Waals surface area (Å²) in [6.45, 7) is 9.84. The molecule has 0 aromatic heterocycles. The van der Waals surface area contributed by atoms with Crippen molar-refractivity contribution in [2.75, 3.05) is 0 Å². The lowest BCUT2D eigenvalue weighted by Gasteiger charge is -2.20. The fourth-order valence-corrected chi connectivity index (χ4v) is 3.17. The Bertz CT molecular complexity index is 472. The summed E-state index contributed by atoms with van der Waals surface area (Å²) in [5.41, 5.74) is 0.626. The largest absolute Gasteiger partial charge is 0.457 e. The number of benzene rings is 1. The van der Waals surface area contributed by atoms with E-state index in [-0.39, 0.29) is 5.97 Å². The SMILES string of the molecule is CCCC(Sc1ccccc1)/C(C)=C/C(=O)OC(C)(C)C. The van der Waals surface area contributed by atoms with Crippen LogP contribution in [0.15, 0.2) is 46.9 Å². The molecule has 1 unspecified atom stereocenters. The van der Waals surface area contributed by atoms with Gasteiger partial charge in [-0.25, -0.2) is 4.79 Å². The molecule has 21 heavy (non-hydrogen) atoms. The van der Waals surface area contributed by atoms with E-state index in [4.69, 9.17) is 4.74 Å². The summed E-state index contributed by atoms with van der Waals surface area (Å²) in [5, 5.41) is 0.310. The average Bonchev–Trinajstić information content (AvgIpc) is 2.37. The van der Waals surface area contributed by atoms with Crippen LogP contribution in [-0.4, -0.2) is 16.8 Å². The van der Waals surface area contributed by atoms with Gasteiger partial charge in [0.05, 0.1) is 0 Å². The Morgan fingerprint density at radius 2 is 1.90 bits per heavy atom. The van der Waals surface area contributed by atoms with Gasteiger partial charge in [0.15, 0.2) is 0 Å². The minimum Gasteiger partial charge on any atom is -0.457 e. The van der Waals surface area contributed by atoms with E-state index in [2.05, 4.69) is 19.1 Å². The topological polar surface area (TPSA) is 26.3 Å². The van der Waals surface area contributed by atoms with Crippen molar-refractivity contribution in [3.05, 3.63) is 42.0 Å². The zero-order valence-corrected chi connectivity index (χ0v) is 14.5. The van der Waals surface area contributed by atoms with E-state index in [1.807, 2.05) is 45.9 Å². The molecule has 0 spiro atoms. The summed E-state index contributed by atoms with van der Waals surface area (Å²) in [6, 6.07) is 10.3. The van der Waals surface area contributed by atoms with E-state index < -0.39 is 5.60 Å². The highest BCUT2D eigenvalue weighted by Gasteiger charge is 2.17. The standard InChI is InChI=1S/C18H26O2S/c1-6-10-16(21-15-11-8-7-9-12-15)14(2)13-17(19)20-18(3,4)5/h7-9,11-13,16H,6,10H2,1-5H3/b14-13+. The Morgan fingerprint density at radius 1 is 1.29 bits per heavy atom. The van der Waals surface area contributed by atoms with Crippen LogP contribution in [0.4, 0.5) is 0 Å². The predicted octanol–water partition coefficient (Wildman–Crippen LogP) is 5.24. The molecule has 1 rings (SSSR count). The fraction of sp³-hybridized carbons (Fsp3) is 0.500. The Balaban J connectivity index is 2.77. The second kappa shape index (κ2) is 8.28. The molecule has 2 nitrogen and oxygen atoms in total. The molecule has 0 aliphatic rings. The second-order valence-corrected chi connectivity index (χ2v) is 7.41. The van der Waals surface area contributed by atoms with Crippen molar-refractivity contribution >= 4 is 17.7 Å². The maximum Gasteiger partial charge on any atom is 0.331 e. The lowest BCUT2D eigenvalue weighted by molar-refractivity contribution is -0.148. The Labute approximate surface area is 133 Å². The van der Waals surface area contributed by atoms with Crippen LogP contribution in [0.2, 0.25) is 0 Å². The Hall–Kier alpha value is -1.22. The van der Waals surface area contributed by atoms with Gasteiger partial charge in [0, 0.05) is 16.2 Å². The molecule has 3 heteroatoms. The van der Waals surface area contributed by atoms with Crippen LogP contribution in [0.5, 0.6) is 0 Å². The van der Waals surface area contributed by atoms with Crippen LogP contribution < -0.4 is 0 Å². The molecular formula is C18H26O2S. The van der Waals surface area contributed by atoms with Crippen LogP contribution in [-0.2, 0) is 9.53 Å². The second-order valence-electron chi connectivity index (χ2n) is 6.13. The van der Waals surface area contributed by atoms with Crippen molar-refractivity contribution in [1.82, 2.24) is 0 Å². The zero-order chi connectivity index (χ0) is 15.9. The van der Waals surface area contributed by atoms with Crippen LogP contribution in [0.3, 0.4) is 0 Å². The minimum atomic E-state index is -0.444. The molecule has 0 saturated heterocycles. The van der Waals surface area contributed by atoms with Gasteiger partial charge >= 0.3 is 5.97 Å². The highest BCUT2D eigenvalue weighted by atomic mass is 32.2. The monoisotopic (exact) mass is 306 g/mol. The maximum absolute atomic E-state index is 11.9. The molecule has 0 radical (unpaired) electrons. The van der Waals surface area contributed by atoms with Crippen molar-refractivity contribution in [2.45, 2.75) is 63.2 Å².